The van der Waals surface area contributed by atoms with Crippen molar-refractivity contribution in [2.24, 2.45) is 0 Å². The van der Waals surface area contributed by atoms with Gasteiger partial charge in [-0.15, -0.1) is 11.3 Å². The molecule has 0 saturated carbocycles. The first-order valence-electron chi connectivity index (χ1n) is 8.52. The van der Waals surface area contributed by atoms with Crippen LogP contribution in [0, 0.1) is 6.92 Å². The molecule has 0 aliphatic heterocycles. The minimum Gasteiger partial charge on any atom is -0.457 e. The van der Waals surface area contributed by atoms with Crippen molar-refractivity contribution in [3.8, 4) is 11.1 Å². The van der Waals surface area contributed by atoms with Gasteiger partial charge in [0.2, 0.25) is 0 Å². The molecule has 0 spiro atoms. The summed E-state index contributed by atoms with van der Waals surface area (Å²) in [5.41, 5.74) is 4.17. The molecule has 4 rings (SSSR count). The molecule has 2 nitrogen and oxygen atoms in total. The number of esters is 1. The van der Waals surface area contributed by atoms with Gasteiger partial charge in [0, 0.05) is 15.6 Å². The number of thiophene rings is 1. The second-order valence-electron chi connectivity index (χ2n) is 6.23. The molecule has 0 saturated heterocycles. The summed E-state index contributed by atoms with van der Waals surface area (Å²) in [6, 6.07) is 26.1. The molecule has 0 aliphatic rings. The van der Waals surface area contributed by atoms with Crippen molar-refractivity contribution < 1.29 is 9.53 Å². The number of rotatable bonds is 4. The molecule has 0 radical (unpaired) electrons. The third kappa shape index (κ3) is 3.26. The van der Waals surface area contributed by atoms with Gasteiger partial charge < -0.3 is 4.74 Å². The van der Waals surface area contributed by atoms with Gasteiger partial charge in [-0.3, -0.25) is 0 Å². The summed E-state index contributed by atoms with van der Waals surface area (Å²) in [6.45, 7) is 2.35. The van der Waals surface area contributed by atoms with Gasteiger partial charge in [-0.1, -0.05) is 72.3 Å². The molecular formula is C23H18O2S. The highest BCUT2D eigenvalue weighted by molar-refractivity contribution is 7.21. The Morgan fingerprint density at radius 3 is 2.35 bits per heavy atom. The van der Waals surface area contributed by atoms with E-state index in [-0.39, 0.29) is 12.6 Å². The summed E-state index contributed by atoms with van der Waals surface area (Å²) in [4.78, 5) is 13.5. The van der Waals surface area contributed by atoms with Crippen molar-refractivity contribution in [3.05, 3.63) is 94.9 Å². The standard InChI is InChI=1S/C23H18O2S/c1-16-12-13-20-19(14-16)21(18-10-6-3-7-11-18)22(26-20)23(24)25-15-17-8-4-2-5-9-17/h2-14H,15H2,1H3. The molecule has 0 fully saturated rings. The number of aryl methyl sites for hydroxylation is 1. The Morgan fingerprint density at radius 2 is 1.62 bits per heavy atom. The number of benzene rings is 3. The number of ether oxygens (including phenoxy) is 1. The van der Waals surface area contributed by atoms with Crippen LogP contribution in [0.15, 0.2) is 78.9 Å². The van der Waals surface area contributed by atoms with Gasteiger partial charge in [0.05, 0.1) is 0 Å². The Morgan fingerprint density at radius 1 is 0.923 bits per heavy atom. The SMILES string of the molecule is Cc1ccc2sc(C(=O)OCc3ccccc3)c(-c3ccccc3)c2c1. The molecule has 0 N–H and O–H groups in total. The number of hydrogen-bond acceptors (Lipinski definition) is 3. The van der Waals surface area contributed by atoms with Gasteiger partial charge >= 0.3 is 5.97 Å². The lowest BCUT2D eigenvalue weighted by molar-refractivity contribution is 0.0479. The number of carbonyl (C=O) groups is 1. The van der Waals surface area contributed by atoms with Gasteiger partial charge in [-0.2, -0.15) is 0 Å². The van der Waals surface area contributed by atoms with Crippen LogP contribution in [0.1, 0.15) is 20.8 Å². The molecule has 0 aliphatic carbocycles. The number of carbonyl (C=O) groups excluding carboxylic acids is 1. The van der Waals surface area contributed by atoms with Crippen LogP contribution in [0.4, 0.5) is 0 Å². The fourth-order valence-corrected chi connectivity index (χ4v) is 4.13. The highest BCUT2D eigenvalue weighted by Gasteiger charge is 2.21. The monoisotopic (exact) mass is 358 g/mol. The zero-order valence-electron chi connectivity index (χ0n) is 14.4. The lowest BCUT2D eigenvalue weighted by Crippen LogP contribution is -2.04. The third-order valence-electron chi connectivity index (χ3n) is 4.30. The van der Waals surface area contributed by atoms with Crippen LogP contribution in [0.5, 0.6) is 0 Å². The van der Waals surface area contributed by atoms with E-state index in [1.807, 2.05) is 60.7 Å². The first-order valence-corrected chi connectivity index (χ1v) is 9.33. The molecule has 0 atom stereocenters. The summed E-state index contributed by atoms with van der Waals surface area (Å²) in [5.74, 6) is -0.272. The largest absolute Gasteiger partial charge is 0.457 e. The average molecular weight is 358 g/mol. The normalized spacial score (nSPS) is 10.8. The van der Waals surface area contributed by atoms with Crippen LogP contribution in [0.2, 0.25) is 0 Å². The smallest absolute Gasteiger partial charge is 0.349 e. The van der Waals surface area contributed by atoms with Crippen molar-refractivity contribution >= 4 is 27.4 Å². The van der Waals surface area contributed by atoms with E-state index in [9.17, 15) is 4.79 Å². The molecule has 1 heterocycles. The van der Waals surface area contributed by atoms with Crippen LogP contribution in [-0.4, -0.2) is 5.97 Å². The highest BCUT2D eigenvalue weighted by atomic mass is 32.1. The van der Waals surface area contributed by atoms with E-state index in [1.54, 1.807) is 0 Å². The molecule has 128 valence electrons. The van der Waals surface area contributed by atoms with Crippen LogP contribution in [-0.2, 0) is 11.3 Å². The predicted octanol–water partition coefficient (Wildman–Crippen LogP) is 6.23. The topological polar surface area (TPSA) is 26.3 Å². The second kappa shape index (κ2) is 7.14. The molecule has 0 bridgehead atoms. The molecule has 0 unspecified atom stereocenters. The van der Waals surface area contributed by atoms with E-state index in [0.717, 1.165) is 26.8 Å². The van der Waals surface area contributed by atoms with Crippen LogP contribution < -0.4 is 0 Å². The maximum absolute atomic E-state index is 12.9. The van der Waals surface area contributed by atoms with Crippen LogP contribution in [0.25, 0.3) is 21.2 Å². The molecule has 3 heteroatoms. The fraction of sp³-hybridized carbons (Fsp3) is 0.0870. The Labute approximate surface area is 156 Å². The lowest BCUT2D eigenvalue weighted by Gasteiger charge is -2.07. The maximum Gasteiger partial charge on any atom is 0.349 e. The van der Waals surface area contributed by atoms with E-state index in [1.165, 1.54) is 16.9 Å². The summed E-state index contributed by atoms with van der Waals surface area (Å²) >= 11 is 1.50. The maximum atomic E-state index is 12.9. The summed E-state index contributed by atoms with van der Waals surface area (Å²) in [5, 5.41) is 1.10. The molecule has 3 aromatic carbocycles. The van der Waals surface area contributed by atoms with Crippen molar-refractivity contribution in [1.29, 1.82) is 0 Å². The van der Waals surface area contributed by atoms with Crippen LogP contribution >= 0.6 is 11.3 Å². The molecule has 4 aromatic rings. The summed E-state index contributed by atoms with van der Waals surface area (Å²) in [6.07, 6.45) is 0. The molecule has 0 amide bonds. The Hall–Kier alpha value is -2.91. The van der Waals surface area contributed by atoms with Gasteiger partial charge in [0.1, 0.15) is 11.5 Å². The Balaban J connectivity index is 1.75. The Kier molecular flexibility index (Phi) is 4.55. The minimum absolute atomic E-state index is 0.272. The first kappa shape index (κ1) is 16.6. The number of hydrogen-bond donors (Lipinski definition) is 0. The molecule has 1 aromatic heterocycles. The van der Waals surface area contributed by atoms with E-state index >= 15 is 0 Å². The Bertz CT molecular complexity index is 1050. The fourth-order valence-electron chi connectivity index (χ4n) is 3.04. The van der Waals surface area contributed by atoms with Crippen molar-refractivity contribution in [1.82, 2.24) is 0 Å². The quantitative estimate of drug-likeness (QED) is 0.404. The predicted molar refractivity (Wildman–Crippen MR) is 108 cm³/mol. The minimum atomic E-state index is -0.272. The zero-order chi connectivity index (χ0) is 17.9. The van der Waals surface area contributed by atoms with Crippen molar-refractivity contribution in [2.45, 2.75) is 13.5 Å². The van der Waals surface area contributed by atoms with Gasteiger partial charge in [0.15, 0.2) is 0 Å². The summed E-state index contributed by atoms with van der Waals surface area (Å²) < 4.78 is 6.71. The van der Waals surface area contributed by atoms with E-state index < -0.39 is 0 Å². The highest BCUT2D eigenvalue weighted by Crippen LogP contribution is 2.39. The van der Waals surface area contributed by atoms with Gasteiger partial charge in [0.25, 0.3) is 0 Å². The second-order valence-corrected chi connectivity index (χ2v) is 7.29. The zero-order valence-corrected chi connectivity index (χ0v) is 15.3. The van der Waals surface area contributed by atoms with E-state index in [4.69, 9.17) is 4.74 Å². The van der Waals surface area contributed by atoms with Crippen LogP contribution in [0.3, 0.4) is 0 Å². The van der Waals surface area contributed by atoms with Crippen molar-refractivity contribution in [3.63, 3.8) is 0 Å². The average Bonchev–Trinajstić information content (AvgIpc) is 3.06. The molecular weight excluding hydrogens is 340 g/mol. The third-order valence-corrected chi connectivity index (χ3v) is 5.45. The lowest BCUT2D eigenvalue weighted by atomic mass is 10.0. The van der Waals surface area contributed by atoms with Gasteiger partial charge in [-0.05, 0) is 30.2 Å². The van der Waals surface area contributed by atoms with E-state index in [2.05, 4.69) is 25.1 Å². The summed E-state index contributed by atoms with van der Waals surface area (Å²) in [7, 11) is 0. The first-order chi connectivity index (χ1) is 12.7. The van der Waals surface area contributed by atoms with E-state index in [0.29, 0.717) is 4.88 Å². The number of fused-ring (bicyclic) bond motifs is 1. The molecule has 26 heavy (non-hydrogen) atoms. The van der Waals surface area contributed by atoms with Gasteiger partial charge in [-0.25, -0.2) is 4.79 Å². The van der Waals surface area contributed by atoms with Crippen molar-refractivity contribution in [2.75, 3.05) is 0 Å².